The SMILES string of the molecule is N#CC(NC(=O)c1ccn(-c2ccc(F)cc2)n1)c1cccc(Cl)c1Cl. The highest BCUT2D eigenvalue weighted by Crippen LogP contribution is 2.29. The summed E-state index contributed by atoms with van der Waals surface area (Å²) in [4.78, 5) is 12.4. The van der Waals surface area contributed by atoms with Gasteiger partial charge in [-0.15, -0.1) is 0 Å². The highest BCUT2D eigenvalue weighted by Gasteiger charge is 2.20. The average Bonchev–Trinajstić information content (AvgIpc) is 3.13. The van der Waals surface area contributed by atoms with Gasteiger partial charge in [-0.25, -0.2) is 9.07 Å². The number of aromatic nitrogens is 2. The van der Waals surface area contributed by atoms with Crippen molar-refractivity contribution in [2.24, 2.45) is 0 Å². The van der Waals surface area contributed by atoms with Crippen molar-refractivity contribution in [1.29, 1.82) is 5.26 Å². The molecule has 1 N–H and O–H groups in total. The molecule has 0 aliphatic heterocycles. The maximum atomic E-state index is 13.0. The number of amides is 1. The zero-order valence-electron chi connectivity index (χ0n) is 13.2. The third kappa shape index (κ3) is 3.69. The quantitative estimate of drug-likeness (QED) is 0.723. The van der Waals surface area contributed by atoms with Crippen LogP contribution in [0.2, 0.25) is 10.0 Å². The molecule has 26 heavy (non-hydrogen) atoms. The number of hydrogen-bond donors (Lipinski definition) is 1. The van der Waals surface area contributed by atoms with Crippen molar-refractivity contribution >= 4 is 29.1 Å². The number of nitrogens with zero attached hydrogens (tertiary/aromatic N) is 3. The number of halogens is 3. The molecule has 0 aliphatic carbocycles. The summed E-state index contributed by atoms with van der Waals surface area (Å²) in [5.41, 5.74) is 1.10. The Balaban J connectivity index is 1.80. The van der Waals surface area contributed by atoms with Gasteiger partial charge in [-0.3, -0.25) is 4.79 Å². The molecule has 0 saturated carbocycles. The molecular formula is C18H11Cl2FN4O. The number of carbonyl (C=O) groups is 1. The van der Waals surface area contributed by atoms with Gasteiger partial charge in [0.25, 0.3) is 5.91 Å². The van der Waals surface area contributed by atoms with Crippen molar-refractivity contribution in [2.75, 3.05) is 0 Å². The minimum absolute atomic E-state index is 0.104. The Morgan fingerprint density at radius 3 is 2.62 bits per heavy atom. The summed E-state index contributed by atoms with van der Waals surface area (Å²) >= 11 is 12.1. The smallest absolute Gasteiger partial charge is 0.273 e. The molecule has 0 saturated heterocycles. The summed E-state index contributed by atoms with van der Waals surface area (Å²) in [7, 11) is 0. The predicted molar refractivity (Wildman–Crippen MR) is 95.8 cm³/mol. The predicted octanol–water partition coefficient (Wildman–Crippen LogP) is 4.31. The number of carbonyl (C=O) groups excluding carboxylic acids is 1. The van der Waals surface area contributed by atoms with E-state index in [1.165, 1.54) is 35.0 Å². The molecule has 0 spiro atoms. The monoisotopic (exact) mass is 388 g/mol. The lowest BCUT2D eigenvalue weighted by molar-refractivity contribution is 0.0939. The minimum Gasteiger partial charge on any atom is -0.331 e. The van der Waals surface area contributed by atoms with Gasteiger partial charge in [0.2, 0.25) is 0 Å². The molecule has 8 heteroatoms. The van der Waals surface area contributed by atoms with Gasteiger partial charge in [0.05, 0.1) is 21.8 Å². The molecular weight excluding hydrogens is 378 g/mol. The van der Waals surface area contributed by atoms with Crippen LogP contribution in [0, 0.1) is 17.1 Å². The second-order valence-corrected chi connectivity index (χ2v) is 6.09. The summed E-state index contributed by atoms with van der Waals surface area (Å²) < 4.78 is 14.4. The molecule has 2 aromatic carbocycles. The molecule has 3 aromatic rings. The van der Waals surface area contributed by atoms with E-state index >= 15 is 0 Å². The van der Waals surface area contributed by atoms with Crippen molar-refractivity contribution in [3.63, 3.8) is 0 Å². The number of nitrogens with one attached hydrogen (secondary N) is 1. The molecule has 1 heterocycles. The first-order valence-electron chi connectivity index (χ1n) is 7.45. The Morgan fingerprint density at radius 1 is 1.19 bits per heavy atom. The topological polar surface area (TPSA) is 70.7 Å². The number of rotatable bonds is 4. The molecule has 0 aliphatic rings. The maximum Gasteiger partial charge on any atom is 0.273 e. The van der Waals surface area contributed by atoms with Gasteiger partial charge >= 0.3 is 0 Å². The van der Waals surface area contributed by atoms with E-state index in [9.17, 15) is 14.4 Å². The van der Waals surface area contributed by atoms with Crippen LogP contribution in [-0.2, 0) is 0 Å². The number of hydrogen-bond acceptors (Lipinski definition) is 3. The molecule has 1 unspecified atom stereocenters. The van der Waals surface area contributed by atoms with Crippen molar-refractivity contribution in [2.45, 2.75) is 6.04 Å². The summed E-state index contributed by atoms with van der Waals surface area (Å²) in [6.45, 7) is 0. The van der Waals surface area contributed by atoms with Crippen LogP contribution in [0.15, 0.2) is 54.7 Å². The number of benzene rings is 2. The maximum absolute atomic E-state index is 13.0. The average molecular weight is 389 g/mol. The van der Waals surface area contributed by atoms with Crippen molar-refractivity contribution in [3.8, 4) is 11.8 Å². The van der Waals surface area contributed by atoms with Gasteiger partial charge in [-0.1, -0.05) is 35.3 Å². The molecule has 0 radical (unpaired) electrons. The first-order chi connectivity index (χ1) is 12.5. The van der Waals surface area contributed by atoms with Crippen LogP contribution in [0.1, 0.15) is 22.1 Å². The first kappa shape index (κ1) is 17.9. The fraction of sp³-hybridized carbons (Fsp3) is 0.0556. The van der Waals surface area contributed by atoms with Gasteiger partial charge in [0.1, 0.15) is 11.9 Å². The second-order valence-electron chi connectivity index (χ2n) is 5.30. The fourth-order valence-corrected chi connectivity index (χ4v) is 2.73. The van der Waals surface area contributed by atoms with Gasteiger partial charge in [-0.05, 0) is 36.4 Å². The zero-order valence-corrected chi connectivity index (χ0v) is 14.7. The van der Waals surface area contributed by atoms with Crippen LogP contribution in [-0.4, -0.2) is 15.7 Å². The third-order valence-corrected chi connectivity index (χ3v) is 4.44. The molecule has 3 rings (SSSR count). The van der Waals surface area contributed by atoms with Gasteiger partial charge < -0.3 is 5.32 Å². The van der Waals surface area contributed by atoms with Gasteiger partial charge in [0, 0.05) is 11.8 Å². The van der Waals surface area contributed by atoms with E-state index in [0.29, 0.717) is 16.3 Å². The van der Waals surface area contributed by atoms with Crippen molar-refractivity contribution < 1.29 is 9.18 Å². The Bertz CT molecular complexity index is 995. The van der Waals surface area contributed by atoms with E-state index in [-0.39, 0.29) is 16.5 Å². The van der Waals surface area contributed by atoms with Crippen LogP contribution in [0.4, 0.5) is 4.39 Å². The van der Waals surface area contributed by atoms with E-state index < -0.39 is 11.9 Å². The molecule has 0 fully saturated rings. The van der Waals surface area contributed by atoms with Gasteiger partial charge in [-0.2, -0.15) is 10.4 Å². The van der Waals surface area contributed by atoms with E-state index in [2.05, 4.69) is 10.4 Å². The van der Waals surface area contributed by atoms with Crippen LogP contribution in [0.25, 0.3) is 5.69 Å². The van der Waals surface area contributed by atoms with E-state index in [4.69, 9.17) is 23.2 Å². The summed E-state index contributed by atoms with van der Waals surface area (Å²) in [6, 6.07) is 13.0. The molecule has 0 bridgehead atoms. The summed E-state index contributed by atoms with van der Waals surface area (Å²) in [6.07, 6.45) is 1.57. The van der Waals surface area contributed by atoms with E-state index in [1.54, 1.807) is 24.4 Å². The molecule has 5 nitrogen and oxygen atoms in total. The third-order valence-electron chi connectivity index (χ3n) is 3.61. The molecule has 130 valence electrons. The van der Waals surface area contributed by atoms with Gasteiger partial charge in [0.15, 0.2) is 5.69 Å². The largest absolute Gasteiger partial charge is 0.331 e. The Morgan fingerprint density at radius 2 is 1.92 bits per heavy atom. The lowest BCUT2D eigenvalue weighted by Gasteiger charge is -2.13. The standard InChI is InChI=1S/C18H11Cl2FN4O/c19-14-3-1-2-13(17(14)20)16(10-22)23-18(26)15-8-9-25(24-15)12-6-4-11(21)5-7-12/h1-9,16H,(H,23,26). The van der Waals surface area contributed by atoms with E-state index in [0.717, 1.165) is 0 Å². The normalized spacial score (nSPS) is 11.6. The lowest BCUT2D eigenvalue weighted by atomic mass is 10.1. The van der Waals surface area contributed by atoms with Crippen LogP contribution >= 0.6 is 23.2 Å². The number of nitriles is 1. The second kappa shape index (κ2) is 7.56. The summed E-state index contributed by atoms with van der Waals surface area (Å²) in [5.74, 6) is -0.914. The van der Waals surface area contributed by atoms with Crippen molar-refractivity contribution in [3.05, 3.63) is 81.8 Å². The van der Waals surface area contributed by atoms with Crippen molar-refractivity contribution in [1.82, 2.24) is 15.1 Å². The Labute approximate surface area is 158 Å². The Hall–Kier alpha value is -2.88. The van der Waals surface area contributed by atoms with Crippen LogP contribution in [0.5, 0.6) is 0 Å². The molecule has 1 amide bonds. The van der Waals surface area contributed by atoms with Crippen LogP contribution < -0.4 is 5.32 Å². The highest BCUT2D eigenvalue weighted by molar-refractivity contribution is 6.42. The minimum atomic E-state index is -0.982. The molecule has 1 aromatic heterocycles. The molecule has 1 atom stereocenters. The first-order valence-corrected chi connectivity index (χ1v) is 8.21. The summed E-state index contributed by atoms with van der Waals surface area (Å²) in [5, 5.41) is 16.6. The van der Waals surface area contributed by atoms with E-state index in [1.807, 2.05) is 6.07 Å². The highest BCUT2D eigenvalue weighted by atomic mass is 35.5. The Kier molecular flexibility index (Phi) is 5.21. The fourth-order valence-electron chi connectivity index (χ4n) is 2.31. The lowest BCUT2D eigenvalue weighted by Crippen LogP contribution is -2.28. The van der Waals surface area contributed by atoms with Crippen LogP contribution in [0.3, 0.4) is 0 Å². The zero-order chi connectivity index (χ0) is 18.7.